The first-order valence-corrected chi connectivity index (χ1v) is 7.30. The maximum Gasteiger partial charge on any atom is 0.0677 e. The third-order valence-corrected chi connectivity index (χ3v) is 4.42. The first-order chi connectivity index (χ1) is 9.73. The number of aliphatic hydroxyl groups is 1. The van der Waals surface area contributed by atoms with E-state index >= 15 is 0 Å². The van der Waals surface area contributed by atoms with E-state index in [-0.39, 0.29) is 12.1 Å². The summed E-state index contributed by atoms with van der Waals surface area (Å²) in [5, 5.41) is 14.2. The van der Waals surface area contributed by atoms with E-state index in [1.807, 2.05) is 30.3 Å². The van der Waals surface area contributed by atoms with Crippen LogP contribution in [0.5, 0.6) is 0 Å². The SMILES string of the molecule is OCC1(NCc2ccc(Cl)cc2)CCc2ccccc21. The van der Waals surface area contributed by atoms with Crippen molar-refractivity contribution in [1.82, 2.24) is 5.32 Å². The second-order valence-electron chi connectivity index (χ2n) is 5.38. The fourth-order valence-corrected chi connectivity index (χ4v) is 3.09. The van der Waals surface area contributed by atoms with Crippen molar-refractivity contribution in [2.75, 3.05) is 6.61 Å². The monoisotopic (exact) mass is 287 g/mol. The third kappa shape index (κ3) is 2.47. The molecule has 3 rings (SSSR count). The molecule has 0 aromatic heterocycles. The van der Waals surface area contributed by atoms with Crippen LogP contribution in [0.1, 0.15) is 23.1 Å². The standard InChI is InChI=1S/C17H18ClNO/c18-15-7-5-13(6-8-15)11-19-17(12-20)10-9-14-3-1-2-4-16(14)17/h1-8,19-20H,9-12H2. The van der Waals surface area contributed by atoms with Crippen LogP contribution in [0.15, 0.2) is 48.5 Å². The van der Waals surface area contributed by atoms with Gasteiger partial charge in [-0.05, 0) is 41.7 Å². The Labute approximate surface area is 124 Å². The molecule has 104 valence electrons. The van der Waals surface area contributed by atoms with Crippen LogP contribution in [0.2, 0.25) is 5.02 Å². The van der Waals surface area contributed by atoms with E-state index in [1.165, 1.54) is 16.7 Å². The van der Waals surface area contributed by atoms with E-state index in [9.17, 15) is 5.11 Å². The molecule has 0 saturated carbocycles. The number of fused-ring (bicyclic) bond motifs is 1. The molecule has 20 heavy (non-hydrogen) atoms. The van der Waals surface area contributed by atoms with E-state index in [0.29, 0.717) is 0 Å². The lowest BCUT2D eigenvalue weighted by atomic mass is 9.92. The van der Waals surface area contributed by atoms with Gasteiger partial charge in [0.05, 0.1) is 12.1 Å². The van der Waals surface area contributed by atoms with Crippen LogP contribution in [0.4, 0.5) is 0 Å². The minimum absolute atomic E-state index is 0.123. The summed E-state index contributed by atoms with van der Waals surface area (Å²) in [5.41, 5.74) is 3.43. The van der Waals surface area contributed by atoms with Gasteiger partial charge in [0.15, 0.2) is 0 Å². The molecule has 0 radical (unpaired) electrons. The van der Waals surface area contributed by atoms with E-state index in [1.54, 1.807) is 0 Å². The zero-order valence-corrected chi connectivity index (χ0v) is 12.0. The van der Waals surface area contributed by atoms with Gasteiger partial charge in [-0.1, -0.05) is 48.0 Å². The highest BCUT2D eigenvalue weighted by Gasteiger charge is 2.37. The van der Waals surface area contributed by atoms with Gasteiger partial charge in [-0.15, -0.1) is 0 Å². The van der Waals surface area contributed by atoms with Crippen LogP contribution < -0.4 is 5.32 Å². The fourth-order valence-electron chi connectivity index (χ4n) is 2.97. The lowest BCUT2D eigenvalue weighted by Crippen LogP contribution is -2.43. The van der Waals surface area contributed by atoms with E-state index in [4.69, 9.17) is 11.6 Å². The number of benzene rings is 2. The van der Waals surface area contributed by atoms with Gasteiger partial charge in [0, 0.05) is 11.6 Å². The molecular weight excluding hydrogens is 270 g/mol. The van der Waals surface area contributed by atoms with Crippen LogP contribution in [-0.2, 0) is 18.5 Å². The van der Waals surface area contributed by atoms with Crippen molar-refractivity contribution in [3.63, 3.8) is 0 Å². The Balaban J connectivity index is 1.80. The van der Waals surface area contributed by atoms with E-state index in [0.717, 1.165) is 24.4 Å². The van der Waals surface area contributed by atoms with E-state index < -0.39 is 0 Å². The van der Waals surface area contributed by atoms with Crippen molar-refractivity contribution in [3.05, 3.63) is 70.2 Å². The molecule has 2 aromatic rings. The molecule has 2 nitrogen and oxygen atoms in total. The van der Waals surface area contributed by atoms with Gasteiger partial charge in [-0.3, -0.25) is 0 Å². The maximum absolute atomic E-state index is 9.90. The molecule has 1 unspecified atom stereocenters. The molecule has 1 aliphatic carbocycles. The highest BCUT2D eigenvalue weighted by Crippen LogP contribution is 2.36. The molecule has 1 atom stereocenters. The predicted octanol–water partition coefficient (Wildman–Crippen LogP) is 3.26. The molecule has 0 spiro atoms. The van der Waals surface area contributed by atoms with Gasteiger partial charge in [0.2, 0.25) is 0 Å². The van der Waals surface area contributed by atoms with Crippen LogP contribution in [0.25, 0.3) is 0 Å². The fraction of sp³-hybridized carbons (Fsp3) is 0.294. The molecule has 0 amide bonds. The maximum atomic E-state index is 9.90. The number of rotatable bonds is 4. The van der Waals surface area contributed by atoms with Crippen LogP contribution >= 0.6 is 11.6 Å². The number of aliphatic hydroxyl groups excluding tert-OH is 1. The molecule has 2 aromatic carbocycles. The second kappa shape index (κ2) is 5.57. The lowest BCUT2D eigenvalue weighted by Gasteiger charge is -2.30. The molecule has 1 aliphatic rings. The molecule has 0 heterocycles. The van der Waals surface area contributed by atoms with Crippen molar-refractivity contribution in [2.45, 2.75) is 24.9 Å². The van der Waals surface area contributed by atoms with Crippen LogP contribution in [-0.4, -0.2) is 11.7 Å². The molecule has 0 bridgehead atoms. The third-order valence-electron chi connectivity index (χ3n) is 4.17. The van der Waals surface area contributed by atoms with Gasteiger partial charge >= 0.3 is 0 Å². The quantitative estimate of drug-likeness (QED) is 0.905. The average Bonchev–Trinajstić information content (AvgIpc) is 2.86. The molecule has 0 fully saturated rings. The average molecular weight is 288 g/mol. The summed E-state index contributed by atoms with van der Waals surface area (Å²) in [4.78, 5) is 0. The smallest absolute Gasteiger partial charge is 0.0677 e. The normalized spacial score (nSPS) is 20.9. The molecule has 2 N–H and O–H groups in total. The lowest BCUT2D eigenvalue weighted by molar-refractivity contribution is 0.159. The molecular formula is C17H18ClNO. The van der Waals surface area contributed by atoms with Crippen LogP contribution in [0.3, 0.4) is 0 Å². The van der Waals surface area contributed by atoms with Crippen molar-refractivity contribution in [2.24, 2.45) is 0 Å². The van der Waals surface area contributed by atoms with Crippen molar-refractivity contribution < 1.29 is 5.11 Å². The Morgan fingerprint density at radius 1 is 1.10 bits per heavy atom. The minimum Gasteiger partial charge on any atom is -0.394 e. The number of nitrogens with one attached hydrogen (secondary N) is 1. The summed E-state index contributed by atoms with van der Waals surface area (Å²) in [5.74, 6) is 0. The van der Waals surface area contributed by atoms with Gasteiger partial charge in [-0.25, -0.2) is 0 Å². The molecule has 0 saturated heterocycles. The number of hydrogen-bond donors (Lipinski definition) is 2. The number of hydrogen-bond acceptors (Lipinski definition) is 2. The Hall–Kier alpha value is -1.35. The topological polar surface area (TPSA) is 32.3 Å². The van der Waals surface area contributed by atoms with Crippen molar-refractivity contribution in [1.29, 1.82) is 0 Å². The summed E-state index contributed by atoms with van der Waals surface area (Å²) in [6.07, 6.45) is 1.96. The van der Waals surface area contributed by atoms with Gasteiger partial charge in [0.25, 0.3) is 0 Å². The Morgan fingerprint density at radius 3 is 2.60 bits per heavy atom. The Bertz CT molecular complexity index is 596. The Morgan fingerprint density at radius 2 is 1.85 bits per heavy atom. The first-order valence-electron chi connectivity index (χ1n) is 6.92. The first kappa shape index (κ1) is 13.6. The highest BCUT2D eigenvalue weighted by molar-refractivity contribution is 6.30. The summed E-state index contributed by atoms with van der Waals surface area (Å²) < 4.78 is 0. The zero-order valence-electron chi connectivity index (χ0n) is 11.3. The number of halogens is 1. The van der Waals surface area contributed by atoms with Gasteiger partial charge in [-0.2, -0.15) is 0 Å². The van der Waals surface area contributed by atoms with Crippen molar-refractivity contribution in [3.8, 4) is 0 Å². The number of aryl methyl sites for hydroxylation is 1. The summed E-state index contributed by atoms with van der Waals surface area (Å²) in [7, 11) is 0. The highest BCUT2D eigenvalue weighted by atomic mass is 35.5. The second-order valence-corrected chi connectivity index (χ2v) is 5.81. The Kier molecular flexibility index (Phi) is 3.79. The van der Waals surface area contributed by atoms with Gasteiger partial charge < -0.3 is 10.4 Å². The van der Waals surface area contributed by atoms with Gasteiger partial charge in [0.1, 0.15) is 0 Å². The summed E-state index contributed by atoms with van der Waals surface area (Å²) in [6, 6.07) is 16.2. The predicted molar refractivity (Wildman–Crippen MR) is 81.8 cm³/mol. The molecule has 0 aliphatic heterocycles. The molecule has 3 heteroatoms. The zero-order chi connectivity index (χ0) is 14.0. The van der Waals surface area contributed by atoms with Crippen LogP contribution in [0, 0.1) is 0 Å². The minimum atomic E-state index is -0.309. The van der Waals surface area contributed by atoms with E-state index in [2.05, 4.69) is 23.5 Å². The summed E-state index contributed by atoms with van der Waals surface area (Å²) in [6.45, 7) is 0.851. The summed E-state index contributed by atoms with van der Waals surface area (Å²) >= 11 is 5.90. The largest absolute Gasteiger partial charge is 0.394 e. The van der Waals surface area contributed by atoms with Crippen molar-refractivity contribution >= 4 is 11.6 Å².